The number of carbonyl (C=O) groups is 1. The van der Waals surface area contributed by atoms with Crippen molar-refractivity contribution in [1.29, 1.82) is 0 Å². The van der Waals surface area contributed by atoms with Crippen molar-refractivity contribution in [3.8, 4) is 0 Å². The van der Waals surface area contributed by atoms with Gasteiger partial charge in [-0.1, -0.05) is 44.0 Å². The molecule has 0 saturated heterocycles. The molecule has 0 heterocycles. The molecule has 1 rings (SSSR count). The number of unbranched alkanes of at least 4 members (excludes halogenated alkanes) is 1. The quantitative estimate of drug-likeness (QED) is 0.235. The fourth-order valence-corrected chi connectivity index (χ4v) is 1.83. The van der Waals surface area contributed by atoms with Crippen molar-refractivity contribution in [2.24, 2.45) is 16.8 Å². The summed E-state index contributed by atoms with van der Waals surface area (Å²) in [7, 11) is 0. The molecule has 1 amide bonds. The van der Waals surface area contributed by atoms with Gasteiger partial charge in [0.1, 0.15) is 0 Å². The van der Waals surface area contributed by atoms with Crippen LogP contribution in [0.1, 0.15) is 49.0 Å². The lowest BCUT2D eigenvalue weighted by molar-refractivity contribution is 0.0953. The zero-order valence-electron chi connectivity index (χ0n) is 12.1. The predicted octanol–water partition coefficient (Wildman–Crippen LogP) is 2.34. The van der Waals surface area contributed by atoms with Crippen molar-refractivity contribution in [2.75, 3.05) is 6.54 Å². The number of hydrogen-bond donors (Lipinski definition) is 3. The molecule has 0 aromatic heterocycles. The van der Waals surface area contributed by atoms with Crippen LogP contribution in [0.4, 0.5) is 0 Å². The van der Waals surface area contributed by atoms with Crippen LogP contribution in [0, 0.1) is 5.92 Å². The SMILES string of the molecule is CC(C)CCCCNC(=O)c1ccc(/C(N)=N/O)cc1. The molecule has 0 fully saturated rings. The van der Waals surface area contributed by atoms with E-state index in [4.69, 9.17) is 10.9 Å². The second-order valence-corrected chi connectivity index (χ2v) is 5.21. The standard InChI is InChI=1S/C15H23N3O2/c1-11(2)5-3-4-10-17-15(19)13-8-6-12(7-9-13)14(16)18-20/h6-9,11,20H,3-5,10H2,1-2H3,(H2,16,18)(H,17,19). The molecule has 110 valence electrons. The van der Waals surface area contributed by atoms with Crippen LogP contribution in [0.2, 0.25) is 0 Å². The fraction of sp³-hybridized carbons (Fsp3) is 0.467. The Kier molecular flexibility index (Phi) is 6.56. The van der Waals surface area contributed by atoms with E-state index in [1.165, 1.54) is 6.42 Å². The highest BCUT2D eigenvalue weighted by molar-refractivity contribution is 5.99. The first-order chi connectivity index (χ1) is 9.54. The summed E-state index contributed by atoms with van der Waals surface area (Å²) in [5, 5.41) is 14.4. The minimum atomic E-state index is -0.0967. The van der Waals surface area contributed by atoms with Crippen LogP contribution in [0.15, 0.2) is 29.4 Å². The molecule has 0 aliphatic heterocycles. The summed E-state index contributed by atoms with van der Waals surface area (Å²) in [4.78, 5) is 11.9. The average Bonchev–Trinajstić information content (AvgIpc) is 2.45. The van der Waals surface area contributed by atoms with E-state index in [0.29, 0.717) is 23.6 Å². The lowest BCUT2D eigenvalue weighted by atomic mass is 10.1. The summed E-state index contributed by atoms with van der Waals surface area (Å²) in [5.41, 5.74) is 6.61. The van der Waals surface area contributed by atoms with Crippen LogP contribution in [0.3, 0.4) is 0 Å². The number of nitrogens with two attached hydrogens (primary N) is 1. The summed E-state index contributed by atoms with van der Waals surface area (Å²) in [5.74, 6) is 0.642. The molecule has 0 bridgehead atoms. The molecule has 0 atom stereocenters. The first kappa shape index (κ1) is 16.0. The van der Waals surface area contributed by atoms with Gasteiger partial charge in [-0.2, -0.15) is 0 Å². The number of hydrogen-bond acceptors (Lipinski definition) is 3. The van der Waals surface area contributed by atoms with Crippen LogP contribution < -0.4 is 11.1 Å². The molecule has 0 aliphatic rings. The van der Waals surface area contributed by atoms with E-state index in [1.807, 2.05) is 0 Å². The maximum Gasteiger partial charge on any atom is 0.251 e. The summed E-state index contributed by atoms with van der Waals surface area (Å²) in [6.07, 6.45) is 3.30. The van der Waals surface area contributed by atoms with Crippen molar-refractivity contribution >= 4 is 11.7 Å². The van der Waals surface area contributed by atoms with Crippen molar-refractivity contribution in [2.45, 2.75) is 33.1 Å². The maximum atomic E-state index is 11.9. The monoisotopic (exact) mass is 277 g/mol. The summed E-state index contributed by atoms with van der Waals surface area (Å²) in [6, 6.07) is 6.64. The van der Waals surface area contributed by atoms with E-state index in [1.54, 1.807) is 24.3 Å². The van der Waals surface area contributed by atoms with Crippen molar-refractivity contribution in [3.63, 3.8) is 0 Å². The highest BCUT2D eigenvalue weighted by Gasteiger charge is 2.06. The number of oxime groups is 1. The van der Waals surface area contributed by atoms with Gasteiger partial charge in [0.15, 0.2) is 5.84 Å². The van der Waals surface area contributed by atoms with Gasteiger partial charge in [0.05, 0.1) is 0 Å². The van der Waals surface area contributed by atoms with Crippen LogP contribution in [-0.4, -0.2) is 23.5 Å². The Morgan fingerprint density at radius 3 is 2.40 bits per heavy atom. The van der Waals surface area contributed by atoms with Crippen molar-refractivity contribution < 1.29 is 10.0 Å². The number of benzene rings is 1. The van der Waals surface area contributed by atoms with Crippen molar-refractivity contribution in [3.05, 3.63) is 35.4 Å². The Bertz CT molecular complexity index is 453. The minimum Gasteiger partial charge on any atom is -0.409 e. The van der Waals surface area contributed by atoms with Crippen LogP contribution in [0.5, 0.6) is 0 Å². The maximum absolute atomic E-state index is 11.9. The molecule has 0 saturated carbocycles. The number of amidine groups is 1. The van der Waals surface area contributed by atoms with E-state index < -0.39 is 0 Å². The Labute approximate surface area is 119 Å². The van der Waals surface area contributed by atoms with E-state index >= 15 is 0 Å². The van der Waals surface area contributed by atoms with Gasteiger partial charge in [-0.25, -0.2) is 0 Å². The summed E-state index contributed by atoms with van der Waals surface area (Å²) >= 11 is 0. The number of rotatable bonds is 7. The smallest absolute Gasteiger partial charge is 0.251 e. The Balaban J connectivity index is 2.40. The number of carbonyl (C=O) groups excluding carboxylic acids is 1. The first-order valence-electron chi connectivity index (χ1n) is 6.90. The third-order valence-corrected chi connectivity index (χ3v) is 3.04. The lowest BCUT2D eigenvalue weighted by Gasteiger charge is -2.07. The molecule has 1 aromatic rings. The van der Waals surface area contributed by atoms with Gasteiger partial charge in [-0.15, -0.1) is 0 Å². The summed E-state index contributed by atoms with van der Waals surface area (Å²) < 4.78 is 0. The molecule has 20 heavy (non-hydrogen) atoms. The van der Waals surface area contributed by atoms with Crippen molar-refractivity contribution in [1.82, 2.24) is 5.32 Å². The molecule has 0 spiro atoms. The molecule has 5 nitrogen and oxygen atoms in total. The third kappa shape index (κ3) is 5.30. The normalized spacial score (nSPS) is 11.7. The molecule has 5 heteroatoms. The van der Waals surface area contributed by atoms with Gasteiger partial charge in [0, 0.05) is 17.7 Å². The highest BCUT2D eigenvalue weighted by Crippen LogP contribution is 2.06. The van der Waals surface area contributed by atoms with Gasteiger partial charge >= 0.3 is 0 Å². The second kappa shape index (κ2) is 8.19. The zero-order valence-corrected chi connectivity index (χ0v) is 12.1. The zero-order chi connectivity index (χ0) is 15.0. The largest absolute Gasteiger partial charge is 0.409 e. The highest BCUT2D eigenvalue weighted by atomic mass is 16.4. The number of nitrogens with zero attached hydrogens (tertiary/aromatic N) is 1. The average molecular weight is 277 g/mol. The third-order valence-electron chi connectivity index (χ3n) is 3.04. The van der Waals surface area contributed by atoms with E-state index in [-0.39, 0.29) is 11.7 Å². The first-order valence-corrected chi connectivity index (χ1v) is 6.90. The molecule has 0 unspecified atom stereocenters. The fourth-order valence-electron chi connectivity index (χ4n) is 1.83. The molecular formula is C15H23N3O2. The molecule has 4 N–H and O–H groups in total. The van der Waals surface area contributed by atoms with Crippen LogP contribution >= 0.6 is 0 Å². The predicted molar refractivity (Wildman–Crippen MR) is 80.0 cm³/mol. The van der Waals surface area contributed by atoms with Gasteiger partial charge in [-0.3, -0.25) is 4.79 Å². The Hall–Kier alpha value is -2.04. The Morgan fingerprint density at radius 2 is 1.85 bits per heavy atom. The molecule has 0 radical (unpaired) electrons. The Morgan fingerprint density at radius 1 is 1.25 bits per heavy atom. The topological polar surface area (TPSA) is 87.7 Å². The van der Waals surface area contributed by atoms with Gasteiger partial charge in [-0.05, 0) is 24.5 Å². The van der Waals surface area contributed by atoms with E-state index in [2.05, 4.69) is 24.3 Å². The van der Waals surface area contributed by atoms with Gasteiger partial charge in [0.25, 0.3) is 5.91 Å². The lowest BCUT2D eigenvalue weighted by Crippen LogP contribution is -2.24. The molecular weight excluding hydrogens is 254 g/mol. The summed E-state index contributed by atoms with van der Waals surface area (Å²) in [6.45, 7) is 5.08. The van der Waals surface area contributed by atoms with Crippen LogP contribution in [0.25, 0.3) is 0 Å². The minimum absolute atomic E-state index is 0.0330. The number of nitrogens with one attached hydrogen (secondary N) is 1. The second-order valence-electron chi connectivity index (χ2n) is 5.21. The van der Waals surface area contributed by atoms with Gasteiger partial charge in [0.2, 0.25) is 0 Å². The van der Waals surface area contributed by atoms with Crippen LogP contribution in [-0.2, 0) is 0 Å². The molecule has 0 aliphatic carbocycles. The van der Waals surface area contributed by atoms with E-state index in [0.717, 1.165) is 12.8 Å². The number of amides is 1. The van der Waals surface area contributed by atoms with Gasteiger partial charge < -0.3 is 16.3 Å². The van der Waals surface area contributed by atoms with E-state index in [9.17, 15) is 4.79 Å². The molecule has 1 aromatic carbocycles.